The number of carbonyl (C=O) groups excluding carboxylic acids is 3. The van der Waals surface area contributed by atoms with Gasteiger partial charge in [-0.2, -0.15) is 0 Å². The molecule has 0 aliphatic rings. The average molecular weight is 499 g/mol. The molecule has 0 saturated heterocycles. The van der Waals surface area contributed by atoms with Gasteiger partial charge in [0.2, 0.25) is 0 Å². The molecule has 0 saturated carbocycles. The summed E-state index contributed by atoms with van der Waals surface area (Å²) in [7, 11) is 1.31. The SMILES string of the molecule is CCCOC(=O)c1ccc(O)cc1.CCOC(=O)c1ccc(O)cc1.COC(=O)c1ccc(O)cc1. The minimum Gasteiger partial charge on any atom is -0.508 e. The maximum Gasteiger partial charge on any atom is 0.338 e. The Kier molecular flexibility index (Phi) is 13.2. The monoisotopic (exact) mass is 498 g/mol. The van der Waals surface area contributed by atoms with E-state index >= 15 is 0 Å². The van der Waals surface area contributed by atoms with Crippen molar-refractivity contribution in [3.05, 3.63) is 89.5 Å². The molecule has 0 aromatic heterocycles. The summed E-state index contributed by atoms with van der Waals surface area (Å²) in [6.07, 6.45) is 0.809. The molecule has 36 heavy (non-hydrogen) atoms. The van der Waals surface area contributed by atoms with E-state index in [9.17, 15) is 14.4 Å². The van der Waals surface area contributed by atoms with Crippen LogP contribution in [0.2, 0.25) is 0 Å². The third-order valence-electron chi connectivity index (χ3n) is 4.21. The van der Waals surface area contributed by atoms with Crippen LogP contribution in [0.25, 0.3) is 0 Å². The lowest BCUT2D eigenvalue weighted by molar-refractivity contribution is 0.0501. The number of hydrogen-bond acceptors (Lipinski definition) is 9. The molecule has 9 heteroatoms. The number of esters is 3. The number of ether oxygens (including phenoxy) is 3. The van der Waals surface area contributed by atoms with Crippen molar-refractivity contribution in [2.24, 2.45) is 0 Å². The molecule has 0 heterocycles. The highest BCUT2D eigenvalue weighted by Gasteiger charge is 2.06. The zero-order valence-electron chi connectivity index (χ0n) is 20.3. The minimum atomic E-state index is -0.398. The number of hydrogen-bond donors (Lipinski definition) is 3. The summed E-state index contributed by atoms with van der Waals surface area (Å²) in [4.78, 5) is 33.1. The second-order valence-electron chi connectivity index (χ2n) is 6.99. The first-order valence-electron chi connectivity index (χ1n) is 11.0. The lowest BCUT2D eigenvalue weighted by Gasteiger charge is -2.02. The Hall–Kier alpha value is -4.53. The fraction of sp³-hybridized carbons (Fsp3) is 0.222. The summed E-state index contributed by atoms with van der Waals surface area (Å²) in [6.45, 7) is 4.47. The van der Waals surface area contributed by atoms with Crippen molar-refractivity contribution < 1.29 is 43.9 Å². The Morgan fingerprint density at radius 2 is 0.917 bits per heavy atom. The van der Waals surface area contributed by atoms with Crippen LogP contribution in [0.1, 0.15) is 51.3 Å². The first-order valence-corrected chi connectivity index (χ1v) is 11.0. The molecule has 3 aromatic rings. The van der Waals surface area contributed by atoms with E-state index in [1.807, 2.05) is 6.92 Å². The minimum absolute atomic E-state index is 0.137. The number of carbonyl (C=O) groups is 3. The number of phenols is 3. The van der Waals surface area contributed by atoms with Gasteiger partial charge in [-0.1, -0.05) is 6.92 Å². The van der Waals surface area contributed by atoms with Crippen molar-refractivity contribution >= 4 is 17.9 Å². The van der Waals surface area contributed by atoms with E-state index < -0.39 is 5.97 Å². The summed E-state index contributed by atoms with van der Waals surface area (Å²) >= 11 is 0. The van der Waals surface area contributed by atoms with E-state index in [4.69, 9.17) is 24.8 Å². The lowest BCUT2D eigenvalue weighted by Crippen LogP contribution is -2.05. The first kappa shape index (κ1) is 29.5. The van der Waals surface area contributed by atoms with E-state index in [1.54, 1.807) is 6.92 Å². The van der Waals surface area contributed by atoms with E-state index in [-0.39, 0.29) is 29.2 Å². The predicted octanol–water partition coefficient (Wildman–Crippen LogP) is 4.71. The van der Waals surface area contributed by atoms with Gasteiger partial charge in [0.1, 0.15) is 17.2 Å². The molecule has 3 N–H and O–H groups in total. The maximum atomic E-state index is 11.2. The second kappa shape index (κ2) is 16.2. The Bertz CT molecular complexity index is 1070. The maximum absolute atomic E-state index is 11.2. The van der Waals surface area contributed by atoms with Gasteiger partial charge in [-0.25, -0.2) is 14.4 Å². The third-order valence-corrected chi connectivity index (χ3v) is 4.21. The van der Waals surface area contributed by atoms with Crippen molar-refractivity contribution in [3.8, 4) is 17.2 Å². The highest BCUT2D eigenvalue weighted by atomic mass is 16.5. The Morgan fingerprint density at radius 3 is 1.22 bits per heavy atom. The van der Waals surface area contributed by atoms with Crippen molar-refractivity contribution in [2.75, 3.05) is 20.3 Å². The molecule has 192 valence electrons. The molecule has 9 nitrogen and oxygen atoms in total. The van der Waals surface area contributed by atoms with Gasteiger partial charge in [-0.3, -0.25) is 0 Å². The zero-order valence-corrected chi connectivity index (χ0v) is 20.3. The first-order chi connectivity index (χ1) is 17.2. The Morgan fingerprint density at radius 1 is 0.583 bits per heavy atom. The summed E-state index contributed by atoms with van der Waals surface area (Å²) in [5.41, 5.74) is 1.35. The Balaban J connectivity index is 0.000000271. The number of methoxy groups -OCH3 is 1. The fourth-order valence-corrected chi connectivity index (χ4v) is 2.40. The number of benzene rings is 3. The van der Waals surface area contributed by atoms with Gasteiger partial charge in [0.05, 0.1) is 37.0 Å². The van der Waals surface area contributed by atoms with Crippen LogP contribution in [0, 0.1) is 0 Å². The number of phenolic OH excluding ortho intramolecular Hbond substituents is 3. The second-order valence-corrected chi connectivity index (χ2v) is 6.99. The highest BCUT2D eigenvalue weighted by molar-refractivity contribution is 5.90. The molecule has 0 spiro atoms. The molecule has 0 fully saturated rings. The number of rotatable bonds is 6. The largest absolute Gasteiger partial charge is 0.508 e. The van der Waals surface area contributed by atoms with Gasteiger partial charge in [0.25, 0.3) is 0 Å². The summed E-state index contributed by atoms with van der Waals surface area (Å²) < 4.78 is 14.1. The average Bonchev–Trinajstić information content (AvgIpc) is 2.89. The summed E-state index contributed by atoms with van der Waals surface area (Å²) in [5.74, 6) is -0.683. The van der Waals surface area contributed by atoms with E-state index in [0.29, 0.717) is 29.9 Å². The van der Waals surface area contributed by atoms with Gasteiger partial charge in [-0.05, 0) is 86.1 Å². The molecule has 0 bridgehead atoms. The molecule has 0 aliphatic heterocycles. The van der Waals surface area contributed by atoms with Crippen LogP contribution < -0.4 is 0 Å². The van der Waals surface area contributed by atoms with Crippen molar-refractivity contribution in [2.45, 2.75) is 20.3 Å². The van der Waals surface area contributed by atoms with Crippen LogP contribution >= 0.6 is 0 Å². The highest BCUT2D eigenvalue weighted by Crippen LogP contribution is 2.12. The van der Waals surface area contributed by atoms with Gasteiger partial charge < -0.3 is 29.5 Å². The third kappa shape index (κ3) is 11.1. The van der Waals surface area contributed by atoms with E-state index in [0.717, 1.165) is 6.42 Å². The molecule has 3 aromatic carbocycles. The number of aromatic hydroxyl groups is 3. The van der Waals surface area contributed by atoms with Gasteiger partial charge in [-0.15, -0.1) is 0 Å². The smallest absolute Gasteiger partial charge is 0.338 e. The van der Waals surface area contributed by atoms with Crippen molar-refractivity contribution in [3.63, 3.8) is 0 Å². The normalized spacial score (nSPS) is 9.42. The zero-order chi connectivity index (χ0) is 26.9. The van der Waals surface area contributed by atoms with Gasteiger partial charge in [0.15, 0.2) is 0 Å². The van der Waals surface area contributed by atoms with Gasteiger partial charge >= 0.3 is 17.9 Å². The van der Waals surface area contributed by atoms with Crippen LogP contribution in [0.4, 0.5) is 0 Å². The topological polar surface area (TPSA) is 140 Å². The predicted molar refractivity (Wildman–Crippen MR) is 132 cm³/mol. The summed E-state index contributed by atoms with van der Waals surface area (Å²) in [6, 6.07) is 17.8. The molecule has 0 aliphatic carbocycles. The molecule has 3 rings (SSSR count). The fourth-order valence-electron chi connectivity index (χ4n) is 2.40. The molecule has 0 atom stereocenters. The quantitative estimate of drug-likeness (QED) is 0.326. The molecular weight excluding hydrogens is 468 g/mol. The van der Waals surface area contributed by atoms with Crippen molar-refractivity contribution in [1.82, 2.24) is 0 Å². The van der Waals surface area contributed by atoms with E-state index in [1.165, 1.54) is 79.9 Å². The van der Waals surface area contributed by atoms with Gasteiger partial charge in [0, 0.05) is 0 Å². The molecular formula is C27H30O9. The van der Waals surface area contributed by atoms with Crippen LogP contribution in [0.5, 0.6) is 17.2 Å². The van der Waals surface area contributed by atoms with Crippen LogP contribution in [0.3, 0.4) is 0 Å². The standard InChI is InChI=1S/C10H12O3.C9H10O3.C8H8O3/c1-2-7-13-10(12)8-3-5-9(11)6-4-8;1-2-12-9(11)7-3-5-8(10)6-4-7;1-11-8(10)6-2-4-7(9)5-3-6/h3-6,11H,2,7H2,1H3;3-6,10H,2H2,1H3;2-5,9H,1H3. The van der Waals surface area contributed by atoms with Crippen LogP contribution in [0.15, 0.2) is 72.8 Å². The molecule has 0 radical (unpaired) electrons. The summed E-state index contributed by atoms with van der Waals surface area (Å²) in [5, 5.41) is 26.7. The van der Waals surface area contributed by atoms with Crippen molar-refractivity contribution in [1.29, 1.82) is 0 Å². The molecule has 0 amide bonds. The van der Waals surface area contributed by atoms with E-state index in [2.05, 4.69) is 4.74 Å². The van der Waals surface area contributed by atoms with Crippen LogP contribution in [-0.4, -0.2) is 53.6 Å². The Labute approximate surface area is 209 Å². The lowest BCUT2D eigenvalue weighted by atomic mass is 10.2. The molecule has 0 unspecified atom stereocenters. The van der Waals surface area contributed by atoms with Crippen LogP contribution in [-0.2, 0) is 14.2 Å².